The number of fused-ring (bicyclic) bond motifs is 3. The van der Waals surface area contributed by atoms with Gasteiger partial charge in [0.25, 0.3) is 5.91 Å². The molecule has 0 spiro atoms. The summed E-state index contributed by atoms with van der Waals surface area (Å²) in [7, 11) is 1.62. The summed E-state index contributed by atoms with van der Waals surface area (Å²) in [5.41, 5.74) is 4.87. The molecule has 0 saturated carbocycles. The number of rotatable bonds is 4. The molecule has 1 aliphatic heterocycles. The van der Waals surface area contributed by atoms with E-state index in [1.165, 1.54) is 11.1 Å². The minimum atomic E-state index is -0.119. The third-order valence-electron chi connectivity index (χ3n) is 6.20. The summed E-state index contributed by atoms with van der Waals surface area (Å²) >= 11 is 6.09. The van der Waals surface area contributed by atoms with Gasteiger partial charge in [0.15, 0.2) is 0 Å². The maximum atomic E-state index is 12.9. The summed E-state index contributed by atoms with van der Waals surface area (Å²) in [6, 6.07) is 21.5. The Labute approximate surface area is 186 Å². The molecule has 1 heterocycles. The van der Waals surface area contributed by atoms with Gasteiger partial charge in [0.1, 0.15) is 5.75 Å². The van der Waals surface area contributed by atoms with E-state index < -0.39 is 0 Å². The third kappa shape index (κ3) is 3.79. The number of carbonyl (C=O) groups excluding carboxylic acids is 1. The molecule has 0 unspecified atom stereocenters. The molecule has 5 heteroatoms. The monoisotopic (exact) mass is 430 g/mol. The lowest BCUT2D eigenvalue weighted by Crippen LogP contribution is -2.29. The van der Waals surface area contributed by atoms with Crippen LogP contribution in [0.5, 0.6) is 5.75 Å². The number of ether oxygens (including phenoxy) is 1. The van der Waals surface area contributed by atoms with E-state index in [4.69, 9.17) is 16.3 Å². The Morgan fingerprint density at radius 3 is 2.58 bits per heavy atom. The zero-order chi connectivity index (χ0) is 21.4. The highest BCUT2D eigenvalue weighted by atomic mass is 35.5. The smallest absolute Gasteiger partial charge is 0.255 e. The van der Waals surface area contributed by atoms with E-state index in [1.807, 2.05) is 54.6 Å². The molecule has 1 amide bonds. The number of amides is 1. The van der Waals surface area contributed by atoms with Crippen molar-refractivity contribution in [3.8, 4) is 5.75 Å². The van der Waals surface area contributed by atoms with Gasteiger partial charge in [-0.2, -0.15) is 0 Å². The normalized spacial score (nSPS) is 21.0. The van der Waals surface area contributed by atoms with Gasteiger partial charge in [0.05, 0.1) is 13.2 Å². The lowest BCUT2D eigenvalue weighted by atomic mass is 9.76. The first-order valence-corrected chi connectivity index (χ1v) is 10.8. The minimum Gasteiger partial charge on any atom is -0.497 e. The molecule has 156 valence electrons. The number of carbonyl (C=O) groups is 1. The number of anilines is 2. The van der Waals surface area contributed by atoms with Crippen molar-refractivity contribution >= 4 is 28.9 Å². The van der Waals surface area contributed by atoms with Crippen molar-refractivity contribution in [1.29, 1.82) is 0 Å². The number of halogens is 1. The van der Waals surface area contributed by atoms with E-state index in [-0.39, 0.29) is 17.9 Å². The summed E-state index contributed by atoms with van der Waals surface area (Å²) in [5, 5.41) is 7.42. The van der Waals surface area contributed by atoms with Gasteiger partial charge in [-0.25, -0.2) is 0 Å². The Morgan fingerprint density at radius 2 is 1.84 bits per heavy atom. The molecule has 0 bridgehead atoms. The summed E-state index contributed by atoms with van der Waals surface area (Å²) < 4.78 is 5.17. The van der Waals surface area contributed by atoms with Gasteiger partial charge in [-0.1, -0.05) is 35.9 Å². The highest BCUT2D eigenvalue weighted by molar-refractivity contribution is 6.30. The summed E-state index contributed by atoms with van der Waals surface area (Å²) in [4.78, 5) is 12.9. The Balaban J connectivity index is 1.41. The van der Waals surface area contributed by atoms with E-state index in [0.29, 0.717) is 11.5 Å². The molecule has 3 atom stereocenters. The number of hydrogen-bond acceptors (Lipinski definition) is 3. The Morgan fingerprint density at radius 1 is 1.06 bits per heavy atom. The predicted molar refractivity (Wildman–Crippen MR) is 125 cm³/mol. The molecule has 4 nitrogen and oxygen atoms in total. The molecule has 31 heavy (non-hydrogen) atoms. The first-order valence-electron chi connectivity index (χ1n) is 10.4. The van der Waals surface area contributed by atoms with Crippen LogP contribution in [0, 0.1) is 5.92 Å². The molecule has 1 aliphatic carbocycles. The second-order valence-corrected chi connectivity index (χ2v) is 8.45. The third-order valence-corrected chi connectivity index (χ3v) is 6.45. The predicted octanol–water partition coefficient (Wildman–Crippen LogP) is 6.43. The molecular formula is C26H23ClN2O2. The fourth-order valence-electron chi connectivity index (χ4n) is 4.61. The summed E-state index contributed by atoms with van der Waals surface area (Å²) in [6.07, 6.45) is 5.53. The van der Waals surface area contributed by atoms with Crippen molar-refractivity contribution in [2.75, 3.05) is 17.7 Å². The van der Waals surface area contributed by atoms with Gasteiger partial charge in [0, 0.05) is 27.9 Å². The summed E-state index contributed by atoms with van der Waals surface area (Å²) in [6.45, 7) is 0. The van der Waals surface area contributed by atoms with E-state index in [1.54, 1.807) is 7.11 Å². The van der Waals surface area contributed by atoms with Crippen molar-refractivity contribution in [3.05, 3.63) is 101 Å². The topological polar surface area (TPSA) is 50.4 Å². The number of nitrogens with one attached hydrogen (secondary N) is 2. The number of hydrogen-bond donors (Lipinski definition) is 2. The molecule has 3 aromatic rings. The van der Waals surface area contributed by atoms with Crippen LogP contribution in [0.4, 0.5) is 11.4 Å². The number of methoxy groups -OCH3 is 1. The van der Waals surface area contributed by atoms with Crippen LogP contribution in [0.2, 0.25) is 5.02 Å². The van der Waals surface area contributed by atoms with Crippen LogP contribution in [-0.2, 0) is 0 Å². The zero-order valence-corrected chi connectivity index (χ0v) is 17.9. The fourth-order valence-corrected chi connectivity index (χ4v) is 4.74. The molecule has 0 saturated heterocycles. The second-order valence-electron chi connectivity index (χ2n) is 8.01. The first-order chi connectivity index (χ1) is 15.1. The van der Waals surface area contributed by atoms with Crippen LogP contribution in [-0.4, -0.2) is 13.0 Å². The van der Waals surface area contributed by atoms with Crippen LogP contribution < -0.4 is 15.4 Å². The SMILES string of the molecule is COc1ccc(NC(=O)c2ccc3c(c2)[C@@H]2C=CC[C@H]2[C@H](c2ccc(Cl)cc2)N3)cc1. The molecule has 0 radical (unpaired) electrons. The Kier molecular flexibility index (Phi) is 5.16. The Hall–Kier alpha value is -3.24. The Bertz CT molecular complexity index is 1140. The molecular weight excluding hydrogens is 408 g/mol. The zero-order valence-electron chi connectivity index (χ0n) is 17.1. The molecule has 3 aromatic carbocycles. The van der Waals surface area contributed by atoms with Crippen molar-refractivity contribution < 1.29 is 9.53 Å². The van der Waals surface area contributed by atoms with E-state index in [0.717, 1.165) is 28.6 Å². The molecule has 2 N–H and O–H groups in total. The van der Waals surface area contributed by atoms with Crippen molar-refractivity contribution in [3.63, 3.8) is 0 Å². The largest absolute Gasteiger partial charge is 0.497 e. The number of benzene rings is 3. The molecule has 2 aliphatic rings. The van der Waals surface area contributed by atoms with Gasteiger partial charge in [-0.3, -0.25) is 4.79 Å². The standard InChI is InChI=1S/C26H23ClN2O2/c1-31-20-12-10-19(11-13-20)28-26(30)17-7-14-24-23(15-17)21-3-2-4-22(21)25(29-24)16-5-8-18(27)9-6-16/h2-3,5-15,21-22,25,29H,4H2,1H3,(H,28,30)/t21-,22-,25+/m1/s1. The van der Waals surface area contributed by atoms with Gasteiger partial charge in [-0.15, -0.1) is 0 Å². The maximum absolute atomic E-state index is 12.9. The van der Waals surface area contributed by atoms with E-state index in [2.05, 4.69) is 34.9 Å². The highest BCUT2D eigenvalue weighted by Gasteiger charge is 2.38. The second kappa shape index (κ2) is 8.12. The van der Waals surface area contributed by atoms with Crippen LogP contribution in [0.15, 0.2) is 78.9 Å². The lowest BCUT2D eigenvalue weighted by molar-refractivity contribution is 0.102. The lowest BCUT2D eigenvalue weighted by Gasteiger charge is -2.37. The fraction of sp³-hybridized carbons (Fsp3) is 0.192. The molecule has 5 rings (SSSR count). The van der Waals surface area contributed by atoms with E-state index >= 15 is 0 Å². The first kappa shape index (κ1) is 19.7. The van der Waals surface area contributed by atoms with Crippen LogP contribution in [0.3, 0.4) is 0 Å². The van der Waals surface area contributed by atoms with Crippen LogP contribution >= 0.6 is 11.6 Å². The van der Waals surface area contributed by atoms with Crippen LogP contribution in [0.25, 0.3) is 0 Å². The van der Waals surface area contributed by atoms with Crippen molar-refractivity contribution in [2.24, 2.45) is 5.92 Å². The quantitative estimate of drug-likeness (QED) is 0.469. The minimum absolute atomic E-state index is 0.119. The van der Waals surface area contributed by atoms with Crippen molar-refractivity contribution in [2.45, 2.75) is 18.4 Å². The van der Waals surface area contributed by atoms with Gasteiger partial charge in [0.2, 0.25) is 0 Å². The average Bonchev–Trinajstić information content (AvgIpc) is 3.30. The van der Waals surface area contributed by atoms with Crippen molar-refractivity contribution in [1.82, 2.24) is 0 Å². The van der Waals surface area contributed by atoms with Crippen LogP contribution in [0.1, 0.15) is 39.9 Å². The van der Waals surface area contributed by atoms with Gasteiger partial charge >= 0.3 is 0 Å². The van der Waals surface area contributed by atoms with Gasteiger partial charge in [-0.05, 0) is 78.1 Å². The molecule has 0 aromatic heterocycles. The number of allylic oxidation sites excluding steroid dienone is 2. The van der Waals surface area contributed by atoms with Gasteiger partial charge < -0.3 is 15.4 Å². The molecule has 0 fully saturated rings. The maximum Gasteiger partial charge on any atom is 0.255 e. The summed E-state index contributed by atoms with van der Waals surface area (Å²) in [5.74, 6) is 1.33. The average molecular weight is 431 g/mol. The highest BCUT2D eigenvalue weighted by Crippen LogP contribution is 2.50. The van der Waals surface area contributed by atoms with E-state index in [9.17, 15) is 4.79 Å².